The van der Waals surface area contributed by atoms with Crippen LogP contribution in [0, 0.1) is 11.7 Å². The number of nitrogens with zero attached hydrogens (tertiary/aromatic N) is 2. The van der Waals surface area contributed by atoms with E-state index in [0.29, 0.717) is 19.6 Å². The number of aliphatic hydroxyl groups is 1. The molecule has 0 unspecified atom stereocenters. The van der Waals surface area contributed by atoms with Crippen molar-refractivity contribution < 1.29 is 37.0 Å². The number of aliphatic hydroxyl groups excluding tert-OH is 1. The van der Waals surface area contributed by atoms with Gasteiger partial charge in [0.2, 0.25) is 5.91 Å². The van der Waals surface area contributed by atoms with Crippen molar-refractivity contribution in [3.8, 4) is 5.75 Å². The van der Waals surface area contributed by atoms with Crippen molar-refractivity contribution in [1.29, 1.82) is 0 Å². The molecule has 4 rings (SSSR count). The van der Waals surface area contributed by atoms with Crippen molar-refractivity contribution in [2.24, 2.45) is 5.92 Å². The van der Waals surface area contributed by atoms with Crippen LogP contribution in [0.4, 0.5) is 10.1 Å². The molecule has 0 saturated carbocycles. The van der Waals surface area contributed by atoms with Gasteiger partial charge in [0.25, 0.3) is 15.9 Å². The molecule has 0 aromatic heterocycles. The summed E-state index contributed by atoms with van der Waals surface area (Å²) in [6.45, 7) is 6.23. The molecule has 0 bridgehead atoms. The minimum absolute atomic E-state index is 0.0522. The molecular weight excluding hydrogens is 637 g/mol. The second-order valence-electron chi connectivity index (χ2n) is 12.5. The monoisotopic (exact) mass is 683 g/mol. The Labute approximate surface area is 282 Å². The molecule has 1 heterocycles. The molecule has 2 N–H and O–H groups in total. The number of carbonyl (C=O) groups excluding carboxylic acids is 2. The highest BCUT2D eigenvalue weighted by Crippen LogP contribution is 2.29. The Bertz CT molecular complexity index is 1620. The number of benzene rings is 3. The van der Waals surface area contributed by atoms with Crippen molar-refractivity contribution in [3.63, 3.8) is 0 Å². The highest BCUT2D eigenvalue weighted by atomic mass is 32.2. The Hall–Kier alpha value is -4.00. The van der Waals surface area contributed by atoms with Crippen LogP contribution in [0.2, 0.25) is 0 Å². The van der Waals surface area contributed by atoms with Crippen molar-refractivity contribution in [2.75, 3.05) is 38.1 Å². The average Bonchev–Trinajstić information content (AvgIpc) is 3.06. The maximum Gasteiger partial charge on any atom is 0.261 e. The van der Waals surface area contributed by atoms with Gasteiger partial charge in [-0.1, -0.05) is 37.3 Å². The van der Waals surface area contributed by atoms with Crippen LogP contribution >= 0.6 is 0 Å². The van der Waals surface area contributed by atoms with E-state index in [0.717, 1.165) is 42.7 Å². The van der Waals surface area contributed by atoms with Crippen LogP contribution in [-0.4, -0.2) is 86.7 Å². The third-order valence-corrected chi connectivity index (χ3v) is 9.90. The van der Waals surface area contributed by atoms with Crippen molar-refractivity contribution in [2.45, 2.75) is 69.6 Å². The van der Waals surface area contributed by atoms with Crippen LogP contribution in [0.25, 0.3) is 0 Å². The predicted molar refractivity (Wildman–Crippen MR) is 182 cm³/mol. The van der Waals surface area contributed by atoms with Gasteiger partial charge in [0.1, 0.15) is 11.6 Å². The number of amides is 2. The van der Waals surface area contributed by atoms with Gasteiger partial charge in [0.15, 0.2) is 0 Å². The number of halogens is 1. The highest BCUT2D eigenvalue weighted by molar-refractivity contribution is 7.92. The Morgan fingerprint density at radius 2 is 1.79 bits per heavy atom. The minimum Gasteiger partial charge on any atom is -0.490 e. The molecule has 3 aromatic rings. The molecule has 0 fully saturated rings. The molecular formula is C36H46FN3O7S. The topological polar surface area (TPSA) is 125 Å². The lowest BCUT2D eigenvalue weighted by Gasteiger charge is -2.36. The lowest BCUT2D eigenvalue weighted by atomic mass is 10.0. The lowest BCUT2D eigenvalue weighted by molar-refractivity contribution is -0.131. The van der Waals surface area contributed by atoms with E-state index in [9.17, 15) is 27.5 Å². The van der Waals surface area contributed by atoms with Gasteiger partial charge in [-0.3, -0.25) is 14.3 Å². The summed E-state index contributed by atoms with van der Waals surface area (Å²) in [6, 6.07) is 17.8. The Kier molecular flexibility index (Phi) is 13.0. The van der Waals surface area contributed by atoms with Gasteiger partial charge in [-0.05, 0) is 81.1 Å². The normalized spacial score (nSPS) is 20.2. The first-order valence-corrected chi connectivity index (χ1v) is 17.8. The Morgan fingerprint density at radius 3 is 2.48 bits per heavy atom. The molecule has 260 valence electrons. The van der Waals surface area contributed by atoms with Crippen molar-refractivity contribution >= 4 is 27.5 Å². The van der Waals surface area contributed by atoms with E-state index in [2.05, 4.69) is 4.72 Å². The summed E-state index contributed by atoms with van der Waals surface area (Å²) in [5.41, 5.74) is 1.16. The lowest BCUT2D eigenvalue weighted by Crippen LogP contribution is -2.48. The maximum absolute atomic E-state index is 14.3. The average molecular weight is 684 g/mol. The summed E-state index contributed by atoms with van der Waals surface area (Å²) in [5, 5.41) is 10.2. The molecule has 1 aliphatic heterocycles. The van der Waals surface area contributed by atoms with Crippen molar-refractivity contribution in [3.05, 3.63) is 89.7 Å². The number of rotatable bonds is 9. The number of ether oxygens (including phenoxy) is 2. The summed E-state index contributed by atoms with van der Waals surface area (Å²) >= 11 is 0. The largest absolute Gasteiger partial charge is 0.490 e. The SMILES string of the molecule is C[C@H](CO)N1C[C@H](C)[C@H](CN(C)C(=O)Cc2ccccc2)OCCCC[C@H](C)Oc2ccc(NS(=O)(=O)c3ccc(F)cc3)cc2C1=O. The van der Waals surface area contributed by atoms with Crippen LogP contribution in [0.3, 0.4) is 0 Å². The molecule has 48 heavy (non-hydrogen) atoms. The number of fused-ring (bicyclic) bond motifs is 1. The van der Waals surface area contributed by atoms with Gasteiger partial charge in [-0.15, -0.1) is 0 Å². The standard InChI is InChI=1S/C36H46FN3O7S/c1-25-22-40(26(2)24-41)36(43)32-21-30(38-48(44,45)31-16-13-29(37)14-17-31)15-18-33(32)47-27(3)10-8-9-19-46-34(25)23-39(4)35(42)20-28-11-6-5-7-12-28/h5-7,11-18,21,25-27,34,38,41H,8-10,19-20,22-24H2,1-4H3/t25-,26+,27-,34-/m0/s1. The van der Waals surface area contributed by atoms with Crippen LogP contribution in [0.5, 0.6) is 5.75 Å². The number of sulfonamides is 1. The fraction of sp³-hybridized carbons (Fsp3) is 0.444. The Balaban J connectivity index is 1.63. The van der Waals surface area contributed by atoms with Gasteiger partial charge in [0, 0.05) is 38.3 Å². The summed E-state index contributed by atoms with van der Waals surface area (Å²) in [6.07, 6.45) is 1.85. The van der Waals surface area contributed by atoms with E-state index in [4.69, 9.17) is 9.47 Å². The zero-order valence-corrected chi connectivity index (χ0v) is 28.8. The second-order valence-corrected chi connectivity index (χ2v) is 14.2. The quantitative estimate of drug-likeness (QED) is 0.321. The van der Waals surface area contributed by atoms with Crippen molar-refractivity contribution in [1.82, 2.24) is 9.80 Å². The van der Waals surface area contributed by atoms with Gasteiger partial charge >= 0.3 is 0 Å². The third-order valence-electron chi connectivity index (χ3n) is 8.51. The zero-order valence-electron chi connectivity index (χ0n) is 28.0. The van der Waals surface area contributed by atoms with Crippen LogP contribution in [-0.2, 0) is 26.0 Å². The molecule has 0 saturated heterocycles. The van der Waals surface area contributed by atoms with Gasteiger partial charge in [-0.25, -0.2) is 12.8 Å². The van der Waals surface area contributed by atoms with Crippen LogP contribution in [0.15, 0.2) is 77.7 Å². The summed E-state index contributed by atoms with van der Waals surface area (Å²) in [4.78, 5) is 30.5. The van der Waals surface area contributed by atoms with Crippen LogP contribution in [0.1, 0.15) is 56.0 Å². The van der Waals surface area contributed by atoms with E-state index < -0.39 is 33.9 Å². The number of carbonyl (C=O) groups is 2. The Morgan fingerprint density at radius 1 is 1.08 bits per heavy atom. The number of anilines is 1. The fourth-order valence-corrected chi connectivity index (χ4v) is 6.60. The fourth-order valence-electron chi connectivity index (χ4n) is 5.55. The van der Waals surface area contributed by atoms with Gasteiger partial charge in [0.05, 0.1) is 41.7 Å². The third kappa shape index (κ3) is 10.0. The first kappa shape index (κ1) is 36.8. The summed E-state index contributed by atoms with van der Waals surface area (Å²) in [7, 11) is -2.35. The zero-order chi connectivity index (χ0) is 34.8. The highest BCUT2D eigenvalue weighted by Gasteiger charge is 2.31. The summed E-state index contributed by atoms with van der Waals surface area (Å²) in [5.74, 6) is -1.04. The van der Waals surface area contributed by atoms with E-state index in [-0.39, 0.29) is 59.4 Å². The van der Waals surface area contributed by atoms with Crippen LogP contribution < -0.4 is 9.46 Å². The molecule has 10 nitrogen and oxygen atoms in total. The molecule has 1 aliphatic rings. The molecule has 3 aromatic carbocycles. The maximum atomic E-state index is 14.3. The molecule has 4 atom stereocenters. The van der Waals surface area contributed by atoms with E-state index >= 15 is 0 Å². The van der Waals surface area contributed by atoms with E-state index in [1.54, 1.807) is 24.9 Å². The summed E-state index contributed by atoms with van der Waals surface area (Å²) < 4.78 is 54.7. The molecule has 0 aliphatic carbocycles. The number of nitrogens with one attached hydrogen (secondary N) is 1. The molecule has 0 radical (unpaired) electrons. The van der Waals surface area contributed by atoms with Gasteiger partial charge < -0.3 is 24.4 Å². The first-order chi connectivity index (χ1) is 22.9. The first-order valence-electron chi connectivity index (χ1n) is 16.3. The molecule has 2 amide bonds. The van der Waals surface area contributed by atoms with Gasteiger partial charge in [-0.2, -0.15) is 0 Å². The number of hydrogen-bond donors (Lipinski definition) is 2. The molecule has 12 heteroatoms. The van der Waals surface area contributed by atoms with E-state index in [1.807, 2.05) is 44.2 Å². The predicted octanol–water partition coefficient (Wildman–Crippen LogP) is 5.12. The molecule has 0 spiro atoms. The second kappa shape index (κ2) is 16.9. The minimum atomic E-state index is -4.09. The number of hydrogen-bond acceptors (Lipinski definition) is 7. The van der Waals surface area contributed by atoms with E-state index in [1.165, 1.54) is 17.0 Å². The number of likely N-dealkylation sites (N-methyl/N-ethyl adjacent to an activating group) is 1. The smallest absolute Gasteiger partial charge is 0.261 e.